The molecule has 1 heteroatoms. The minimum absolute atomic E-state index is 0.977. The summed E-state index contributed by atoms with van der Waals surface area (Å²) >= 11 is 0. The quantitative estimate of drug-likeness (QED) is 0.808. The zero-order chi connectivity index (χ0) is 15.6. The second-order valence-electron chi connectivity index (χ2n) is 6.16. The Balaban J connectivity index is 1.95. The van der Waals surface area contributed by atoms with Crippen LogP contribution in [0.15, 0.2) is 78.0 Å². The van der Waals surface area contributed by atoms with E-state index in [1.165, 1.54) is 39.1 Å². The first-order valence-electron chi connectivity index (χ1n) is 8.32. The largest absolute Gasteiger partial charge is 0.388 e. The molecule has 0 fully saturated rings. The fourth-order valence-electron chi connectivity index (χ4n) is 3.64. The summed E-state index contributed by atoms with van der Waals surface area (Å²) in [7, 11) is 1.98. The van der Waals surface area contributed by atoms with Crippen molar-refractivity contribution in [1.82, 2.24) is 5.32 Å². The molecule has 0 spiro atoms. The van der Waals surface area contributed by atoms with Crippen molar-refractivity contribution in [3.05, 3.63) is 100 Å². The molecule has 23 heavy (non-hydrogen) atoms. The van der Waals surface area contributed by atoms with E-state index < -0.39 is 0 Å². The van der Waals surface area contributed by atoms with Crippen molar-refractivity contribution >= 4 is 5.57 Å². The zero-order valence-electron chi connectivity index (χ0n) is 13.5. The molecule has 0 bridgehead atoms. The number of nitrogens with one attached hydrogen (secondary N) is 1. The Bertz CT molecular complexity index is 787. The molecule has 0 saturated carbocycles. The van der Waals surface area contributed by atoms with Crippen molar-refractivity contribution in [1.29, 1.82) is 0 Å². The SMILES string of the molecule is CNC1=CCC(=C2c3ccccc3CCc3ccccc32)C=C1. The van der Waals surface area contributed by atoms with E-state index in [0.717, 1.165) is 19.3 Å². The molecule has 0 saturated heterocycles. The summed E-state index contributed by atoms with van der Waals surface area (Å²) in [5, 5.41) is 3.23. The molecule has 0 aliphatic heterocycles. The summed E-state index contributed by atoms with van der Waals surface area (Å²) in [4.78, 5) is 0. The Labute approximate surface area is 138 Å². The standard InChI is InChI=1S/C22H21N/c1-23-19-14-12-18(13-15-19)22-20-8-4-2-6-16(20)10-11-17-7-3-5-9-21(17)22/h2-9,12,14-15,23H,10-11,13H2,1H3. The van der Waals surface area contributed by atoms with Gasteiger partial charge in [-0.2, -0.15) is 0 Å². The Hall–Kier alpha value is -2.54. The summed E-state index contributed by atoms with van der Waals surface area (Å²) in [5.41, 5.74) is 9.74. The van der Waals surface area contributed by atoms with E-state index in [1.54, 1.807) is 0 Å². The lowest BCUT2D eigenvalue weighted by atomic mass is 9.87. The molecule has 2 aliphatic rings. The number of aryl methyl sites for hydroxylation is 2. The number of likely N-dealkylation sites (N-methyl/N-ethyl adjacent to an activating group) is 1. The number of hydrogen-bond acceptors (Lipinski definition) is 1. The molecule has 4 rings (SSSR count). The van der Waals surface area contributed by atoms with Gasteiger partial charge in [0.2, 0.25) is 0 Å². The van der Waals surface area contributed by atoms with E-state index >= 15 is 0 Å². The molecular weight excluding hydrogens is 278 g/mol. The van der Waals surface area contributed by atoms with Gasteiger partial charge in [0, 0.05) is 12.7 Å². The molecule has 0 aromatic heterocycles. The number of allylic oxidation sites excluding steroid dienone is 4. The predicted molar refractivity (Wildman–Crippen MR) is 97.2 cm³/mol. The third kappa shape index (κ3) is 2.53. The third-order valence-corrected chi connectivity index (χ3v) is 4.85. The number of benzene rings is 2. The number of hydrogen-bond donors (Lipinski definition) is 1. The van der Waals surface area contributed by atoms with E-state index in [4.69, 9.17) is 0 Å². The lowest BCUT2D eigenvalue weighted by Crippen LogP contribution is -2.06. The van der Waals surface area contributed by atoms with Gasteiger partial charge in [-0.1, -0.05) is 60.7 Å². The normalized spacial score (nSPS) is 16.3. The van der Waals surface area contributed by atoms with Crippen LogP contribution in [0.1, 0.15) is 28.7 Å². The van der Waals surface area contributed by atoms with Crippen LogP contribution in [0.4, 0.5) is 0 Å². The first-order chi connectivity index (χ1) is 11.4. The summed E-state index contributed by atoms with van der Waals surface area (Å²) in [6, 6.07) is 17.8. The summed E-state index contributed by atoms with van der Waals surface area (Å²) < 4.78 is 0. The zero-order valence-corrected chi connectivity index (χ0v) is 13.5. The molecule has 0 unspecified atom stereocenters. The lowest BCUT2D eigenvalue weighted by Gasteiger charge is -2.18. The molecule has 0 radical (unpaired) electrons. The van der Waals surface area contributed by atoms with Crippen LogP contribution in [-0.4, -0.2) is 7.05 Å². The highest BCUT2D eigenvalue weighted by Crippen LogP contribution is 2.37. The van der Waals surface area contributed by atoms with Crippen LogP contribution in [-0.2, 0) is 12.8 Å². The lowest BCUT2D eigenvalue weighted by molar-refractivity contribution is 0.965. The molecule has 0 heterocycles. The predicted octanol–water partition coefficient (Wildman–Crippen LogP) is 4.65. The molecular formula is C22H21N. The van der Waals surface area contributed by atoms with Crippen LogP contribution < -0.4 is 5.32 Å². The van der Waals surface area contributed by atoms with Crippen molar-refractivity contribution < 1.29 is 0 Å². The average molecular weight is 299 g/mol. The Morgan fingerprint density at radius 2 is 1.39 bits per heavy atom. The summed E-state index contributed by atoms with van der Waals surface area (Å²) in [6.45, 7) is 0. The summed E-state index contributed by atoms with van der Waals surface area (Å²) in [5.74, 6) is 0. The second kappa shape index (κ2) is 5.92. The fourth-order valence-corrected chi connectivity index (χ4v) is 3.64. The minimum atomic E-state index is 0.977. The van der Waals surface area contributed by atoms with Crippen molar-refractivity contribution in [3.8, 4) is 0 Å². The van der Waals surface area contributed by atoms with Crippen LogP contribution in [0.25, 0.3) is 5.57 Å². The summed E-state index contributed by atoms with van der Waals surface area (Å²) in [6.07, 6.45) is 9.95. The third-order valence-electron chi connectivity index (χ3n) is 4.85. The monoisotopic (exact) mass is 299 g/mol. The maximum absolute atomic E-state index is 3.23. The van der Waals surface area contributed by atoms with Gasteiger partial charge in [-0.25, -0.2) is 0 Å². The molecule has 114 valence electrons. The van der Waals surface area contributed by atoms with Crippen LogP contribution >= 0.6 is 0 Å². The molecule has 2 aromatic carbocycles. The maximum Gasteiger partial charge on any atom is 0.0300 e. The molecule has 2 aromatic rings. The van der Waals surface area contributed by atoms with E-state index in [9.17, 15) is 0 Å². The van der Waals surface area contributed by atoms with E-state index in [2.05, 4.69) is 72.1 Å². The molecule has 2 aliphatic carbocycles. The van der Waals surface area contributed by atoms with Gasteiger partial charge in [0.25, 0.3) is 0 Å². The van der Waals surface area contributed by atoms with Gasteiger partial charge in [-0.3, -0.25) is 0 Å². The highest BCUT2D eigenvalue weighted by molar-refractivity contribution is 5.87. The molecule has 1 N–H and O–H groups in total. The van der Waals surface area contributed by atoms with Gasteiger partial charge >= 0.3 is 0 Å². The molecule has 0 atom stereocenters. The van der Waals surface area contributed by atoms with Crippen molar-refractivity contribution in [2.24, 2.45) is 0 Å². The Kier molecular flexibility index (Phi) is 3.63. The van der Waals surface area contributed by atoms with Crippen LogP contribution in [0.2, 0.25) is 0 Å². The van der Waals surface area contributed by atoms with Gasteiger partial charge in [-0.05, 0) is 58.7 Å². The maximum atomic E-state index is 3.23. The van der Waals surface area contributed by atoms with E-state index in [0.29, 0.717) is 0 Å². The van der Waals surface area contributed by atoms with Gasteiger partial charge in [0.15, 0.2) is 0 Å². The topological polar surface area (TPSA) is 12.0 Å². The van der Waals surface area contributed by atoms with Gasteiger partial charge < -0.3 is 5.32 Å². The minimum Gasteiger partial charge on any atom is -0.388 e. The fraction of sp³-hybridized carbons (Fsp3) is 0.182. The van der Waals surface area contributed by atoms with Crippen molar-refractivity contribution in [2.45, 2.75) is 19.3 Å². The van der Waals surface area contributed by atoms with Gasteiger partial charge in [0.05, 0.1) is 0 Å². The van der Waals surface area contributed by atoms with Gasteiger partial charge in [0.1, 0.15) is 0 Å². The number of rotatable bonds is 1. The van der Waals surface area contributed by atoms with Crippen molar-refractivity contribution in [3.63, 3.8) is 0 Å². The molecule has 0 amide bonds. The van der Waals surface area contributed by atoms with Crippen molar-refractivity contribution in [2.75, 3.05) is 7.05 Å². The van der Waals surface area contributed by atoms with Crippen LogP contribution in [0, 0.1) is 0 Å². The first-order valence-corrected chi connectivity index (χ1v) is 8.32. The smallest absolute Gasteiger partial charge is 0.0300 e. The average Bonchev–Trinajstić information content (AvgIpc) is 2.79. The highest BCUT2D eigenvalue weighted by atomic mass is 14.8. The van der Waals surface area contributed by atoms with Crippen LogP contribution in [0.3, 0.4) is 0 Å². The van der Waals surface area contributed by atoms with E-state index in [1.807, 2.05) is 7.05 Å². The van der Waals surface area contributed by atoms with E-state index in [-0.39, 0.29) is 0 Å². The second-order valence-corrected chi connectivity index (χ2v) is 6.16. The number of fused-ring (bicyclic) bond motifs is 2. The van der Waals surface area contributed by atoms with Gasteiger partial charge in [-0.15, -0.1) is 0 Å². The molecule has 1 nitrogen and oxygen atoms in total. The van der Waals surface area contributed by atoms with Crippen LogP contribution in [0.5, 0.6) is 0 Å². The first kappa shape index (κ1) is 14.1. The Morgan fingerprint density at radius 1 is 0.783 bits per heavy atom. The highest BCUT2D eigenvalue weighted by Gasteiger charge is 2.20. The Morgan fingerprint density at radius 3 is 1.91 bits per heavy atom.